The summed E-state index contributed by atoms with van der Waals surface area (Å²) in [4.78, 5) is 0. The Kier molecular flexibility index (Phi) is 3.28. The normalized spacial score (nSPS) is 10.3. The Balaban J connectivity index is 2.58. The summed E-state index contributed by atoms with van der Waals surface area (Å²) >= 11 is 3.43. The molecule has 2 rings (SSSR count). The molecule has 17 heavy (non-hydrogen) atoms. The van der Waals surface area contributed by atoms with Crippen molar-refractivity contribution >= 4 is 21.7 Å². The number of hydrogen-bond acceptors (Lipinski definition) is 4. The van der Waals surface area contributed by atoms with E-state index < -0.39 is 0 Å². The van der Waals surface area contributed by atoms with Gasteiger partial charge in [0.1, 0.15) is 11.6 Å². The van der Waals surface area contributed by atoms with Crippen molar-refractivity contribution in [2.45, 2.75) is 6.92 Å². The largest absolute Gasteiger partial charge is 0.496 e. The van der Waals surface area contributed by atoms with Gasteiger partial charge in [0.25, 0.3) is 0 Å². The zero-order chi connectivity index (χ0) is 12.4. The number of benzene rings is 1. The number of rotatable bonds is 2. The molecule has 0 unspecified atom stereocenters. The van der Waals surface area contributed by atoms with E-state index in [4.69, 9.17) is 10.5 Å². The van der Waals surface area contributed by atoms with Crippen LogP contribution in [-0.2, 0) is 0 Å². The van der Waals surface area contributed by atoms with E-state index in [-0.39, 0.29) is 0 Å². The van der Waals surface area contributed by atoms with Gasteiger partial charge in [-0.3, -0.25) is 0 Å². The Hall–Kier alpha value is -1.62. The number of anilines is 1. The summed E-state index contributed by atoms with van der Waals surface area (Å²) in [5, 5.41) is 8.00. The van der Waals surface area contributed by atoms with Crippen molar-refractivity contribution in [2.75, 3.05) is 12.8 Å². The Morgan fingerprint density at radius 1 is 1.24 bits per heavy atom. The summed E-state index contributed by atoms with van der Waals surface area (Å²) in [5.74, 6) is 1.20. The fraction of sp³-hybridized carbons (Fsp3) is 0.167. The molecule has 4 nitrogen and oxygen atoms in total. The van der Waals surface area contributed by atoms with E-state index in [9.17, 15) is 0 Å². The van der Waals surface area contributed by atoms with E-state index in [2.05, 4.69) is 26.1 Å². The van der Waals surface area contributed by atoms with Crippen LogP contribution in [0.25, 0.3) is 11.3 Å². The van der Waals surface area contributed by atoms with Crippen LogP contribution in [0.1, 0.15) is 5.56 Å². The number of nitrogens with zero attached hydrogens (tertiary/aromatic N) is 2. The van der Waals surface area contributed by atoms with Crippen molar-refractivity contribution in [1.29, 1.82) is 0 Å². The molecule has 0 fully saturated rings. The Morgan fingerprint density at radius 2 is 2.00 bits per heavy atom. The molecule has 0 saturated heterocycles. The van der Waals surface area contributed by atoms with E-state index in [1.165, 1.54) is 0 Å². The molecule has 1 aromatic heterocycles. The number of aryl methyl sites for hydroxylation is 1. The minimum absolute atomic E-state index is 0.447. The van der Waals surface area contributed by atoms with Crippen molar-refractivity contribution in [3.8, 4) is 17.0 Å². The molecule has 0 aliphatic carbocycles. The summed E-state index contributed by atoms with van der Waals surface area (Å²) in [7, 11) is 1.63. The lowest BCUT2D eigenvalue weighted by Crippen LogP contribution is -1.99. The van der Waals surface area contributed by atoms with Crippen LogP contribution in [-0.4, -0.2) is 17.3 Å². The number of hydrogen-bond donors (Lipinski definition) is 1. The van der Waals surface area contributed by atoms with Crippen LogP contribution in [0.5, 0.6) is 5.75 Å². The lowest BCUT2D eigenvalue weighted by atomic mass is 10.1. The maximum atomic E-state index is 5.65. The van der Waals surface area contributed by atoms with E-state index in [0.29, 0.717) is 5.82 Å². The lowest BCUT2D eigenvalue weighted by Gasteiger charge is -2.09. The van der Waals surface area contributed by atoms with Crippen LogP contribution in [0.2, 0.25) is 0 Å². The van der Waals surface area contributed by atoms with Crippen molar-refractivity contribution in [2.24, 2.45) is 0 Å². The van der Waals surface area contributed by atoms with Crippen molar-refractivity contribution in [3.05, 3.63) is 34.3 Å². The molecule has 88 valence electrons. The fourth-order valence-electron chi connectivity index (χ4n) is 1.51. The first-order valence-corrected chi connectivity index (χ1v) is 5.85. The van der Waals surface area contributed by atoms with Gasteiger partial charge >= 0.3 is 0 Å². The molecule has 0 atom stereocenters. The summed E-state index contributed by atoms with van der Waals surface area (Å²) < 4.78 is 6.27. The van der Waals surface area contributed by atoms with Crippen LogP contribution >= 0.6 is 15.9 Å². The van der Waals surface area contributed by atoms with E-state index >= 15 is 0 Å². The molecule has 5 heteroatoms. The molecule has 0 bridgehead atoms. The number of nitrogens with two attached hydrogens (primary N) is 1. The topological polar surface area (TPSA) is 61.0 Å². The molecule has 1 heterocycles. The van der Waals surface area contributed by atoms with Crippen molar-refractivity contribution < 1.29 is 4.74 Å². The average molecular weight is 294 g/mol. The molecule has 2 aromatic rings. The van der Waals surface area contributed by atoms with E-state index in [1.54, 1.807) is 7.11 Å². The third kappa shape index (κ3) is 2.39. The van der Waals surface area contributed by atoms with Crippen LogP contribution in [0.3, 0.4) is 0 Å². The molecule has 1 aromatic carbocycles. The standard InChI is InChI=1S/C12H12BrN3O/c1-7-5-10(15-16-12(7)14)9-6-8(13)3-4-11(9)17-2/h3-6H,1-2H3,(H2,14,16). The van der Waals surface area contributed by atoms with E-state index in [0.717, 1.165) is 27.0 Å². The van der Waals surface area contributed by atoms with Gasteiger partial charge in [-0.2, -0.15) is 0 Å². The minimum Gasteiger partial charge on any atom is -0.496 e. The highest BCUT2D eigenvalue weighted by Gasteiger charge is 2.09. The zero-order valence-electron chi connectivity index (χ0n) is 9.57. The highest BCUT2D eigenvalue weighted by molar-refractivity contribution is 9.10. The van der Waals surface area contributed by atoms with Gasteiger partial charge in [0.15, 0.2) is 0 Å². The average Bonchev–Trinajstić information content (AvgIpc) is 2.32. The summed E-state index contributed by atoms with van der Waals surface area (Å²) in [6.07, 6.45) is 0. The number of aromatic nitrogens is 2. The smallest absolute Gasteiger partial charge is 0.149 e. The van der Waals surface area contributed by atoms with Crippen LogP contribution in [0.4, 0.5) is 5.82 Å². The summed E-state index contributed by atoms with van der Waals surface area (Å²) in [6.45, 7) is 1.90. The van der Waals surface area contributed by atoms with Crippen LogP contribution < -0.4 is 10.5 Å². The van der Waals surface area contributed by atoms with Crippen molar-refractivity contribution in [1.82, 2.24) is 10.2 Å². The number of methoxy groups -OCH3 is 1. The molecule has 0 saturated carbocycles. The molecule has 0 spiro atoms. The molecule has 2 N–H and O–H groups in total. The fourth-order valence-corrected chi connectivity index (χ4v) is 1.87. The predicted octanol–water partition coefficient (Wildman–Crippen LogP) is 2.81. The second-order valence-corrected chi connectivity index (χ2v) is 4.56. The van der Waals surface area contributed by atoms with Gasteiger partial charge in [-0.15, -0.1) is 10.2 Å². The summed E-state index contributed by atoms with van der Waals surface area (Å²) in [5.41, 5.74) is 8.18. The SMILES string of the molecule is COc1ccc(Br)cc1-c1cc(C)c(N)nn1. The third-order valence-corrected chi connectivity index (χ3v) is 2.95. The van der Waals surface area contributed by atoms with Crippen LogP contribution in [0, 0.1) is 6.92 Å². The van der Waals surface area contributed by atoms with Gasteiger partial charge in [-0.05, 0) is 36.8 Å². The first-order chi connectivity index (χ1) is 8.11. The highest BCUT2D eigenvalue weighted by atomic mass is 79.9. The highest BCUT2D eigenvalue weighted by Crippen LogP contribution is 2.31. The second-order valence-electron chi connectivity index (χ2n) is 3.64. The Morgan fingerprint density at radius 3 is 2.65 bits per heavy atom. The maximum absolute atomic E-state index is 5.65. The Labute approximate surface area is 108 Å². The van der Waals surface area contributed by atoms with Gasteiger partial charge in [-0.25, -0.2) is 0 Å². The second kappa shape index (κ2) is 4.71. The number of ether oxygens (including phenoxy) is 1. The van der Waals surface area contributed by atoms with Crippen molar-refractivity contribution in [3.63, 3.8) is 0 Å². The first-order valence-electron chi connectivity index (χ1n) is 5.05. The zero-order valence-corrected chi connectivity index (χ0v) is 11.2. The minimum atomic E-state index is 0.447. The quantitative estimate of drug-likeness (QED) is 0.925. The molecule has 0 radical (unpaired) electrons. The Bertz CT molecular complexity index is 557. The molecule has 0 aliphatic rings. The maximum Gasteiger partial charge on any atom is 0.149 e. The van der Waals surface area contributed by atoms with Gasteiger partial charge < -0.3 is 10.5 Å². The van der Waals surface area contributed by atoms with E-state index in [1.807, 2.05) is 31.2 Å². The first kappa shape index (κ1) is 11.9. The van der Waals surface area contributed by atoms with Gasteiger partial charge in [0.05, 0.1) is 12.8 Å². The number of halogens is 1. The molecular weight excluding hydrogens is 282 g/mol. The molecule has 0 amide bonds. The monoisotopic (exact) mass is 293 g/mol. The lowest BCUT2D eigenvalue weighted by molar-refractivity contribution is 0.416. The van der Waals surface area contributed by atoms with Gasteiger partial charge in [0.2, 0.25) is 0 Å². The predicted molar refractivity (Wildman–Crippen MR) is 70.9 cm³/mol. The van der Waals surface area contributed by atoms with Gasteiger partial charge in [-0.1, -0.05) is 15.9 Å². The van der Waals surface area contributed by atoms with Gasteiger partial charge in [0, 0.05) is 10.0 Å². The third-order valence-electron chi connectivity index (χ3n) is 2.46. The molecular formula is C12H12BrN3O. The summed E-state index contributed by atoms with van der Waals surface area (Å²) in [6, 6.07) is 7.64. The molecule has 0 aliphatic heterocycles. The number of nitrogen functional groups attached to an aromatic ring is 1. The van der Waals surface area contributed by atoms with Crippen LogP contribution in [0.15, 0.2) is 28.7 Å².